The molecule has 0 spiro atoms. The normalized spacial score (nSPS) is 14.7. The van der Waals surface area contributed by atoms with Crippen LogP contribution in [0.3, 0.4) is 0 Å². The van der Waals surface area contributed by atoms with Crippen LogP contribution in [-0.4, -0.2) is 22.0 Å². The summed E-state index contributed by atoms with van der Waals surface area (Å²) < 4.78 is 5.57. The minimum atomic E-state index is -0.549. The summed E-state index contributed by atoms with van der Waals surface area (Å²) in [5, 5.41) is 2.22. The van der Waals surface area contributed by atoms with Gasteiger partial charge in [0, 0.05) is 10.6 Å². The first-order chi connectivity index (χ1) is 17.0. The van der Waals surface area contributed by atoms with Crippen molar-refractivity contribution in [3.05, 3.63) is 118 Å². The summed E-state index contributed by atoms with van der Waals surface area (Å²) in [4.78, 5) is 40.0. The molecule has 1 saturated heterocycles. The first-order valence-electron chi connectivity index (χ1n) is 10.8. The second-order valence-electron chi connectivity index (χ2n) is 7.84. The molecule has 35 heavy (non-hydrogen) atoms. The number of hydrogen-bond donors (Lipinski definition) is 0. The number of halogens is 1. The van der Waals surface area contributed by atoms with Crippen LogP contribution in [0.4, 0.5) is 4.79 Å². The maximum absolute atomic E-state index is 13.1. The van der Waals surface area contributed by atoms with E-state index in [1.165, 1.54) is 4.90 Å². The van der Waals surface area contributed by atoms with E-state index in [0.29, 0.717) is 16.1 Å². The van der Waals surface area contributed by atoms with Crippen LogP contribution in [0.15, 0.2) is 95.9 Å². The van der Waals surface area contributed by atoms with Crippen LogP contribution in [0.25, 0.3) is 16.8 Å². The zero-order valence-electron chi connectivity index (χ0n) is 18.3. The van der Waals surface area contributed by atoms with Gasteiger partial charge in [-0.1, -0.05) is 72.3 Å². The van der Waals surface area contributed by atoms with E-state index in [1.54, 1.807) is 54.6 Å². The predicted molar refractivity (Wildman–Crippen MR) is 138 cm³/mol. The van der Waals surface area contributed by atoms with Crippen LogP contribution in [0.2, 0.25) is 5.02 Å². The fourth-order valence-corrected chi connectivity index (χ4v) is 4.77. The van der Waals surface area contributed by atoms with E-state index in [-0.39, 0.29) is 28.3 Å². The molecule has 5 nitrogen and oxygen atoms in total. The van der Waals surface area contributed by atoms with Gasteiger partial charge in [-0.25, -0.2) is 4.79 Å². The van der Waals surface area contributed by atoms with Crippen LogP contribution in [-0.2, 0) is 11.3 Å². The lowest BCUT2D eigenvalue weighted by Gasteiger charge is -2.14. The lowest BCUT2D eigenvalue weighted by atomic mass is 10.0. The van der Waals surface area contributed by atoms with Crippen molar-refractivity contribution in [1.82, 2.24) is 4.90 Å². The average Bonchev–Trinajstić information content (AvgIpc) is 3.13. The Morgan fingerprint density at radius 1 is 0.886 bits per heavy atom. The van der Waals surface area contributed by atoms with E-state index in [9.17, 15) is 14.4 Å². The molecule has 0 atom stereocenters. The van der Waals surface area contributed by atoms with Crippen molar-refractivity contribution in [1.29, 1.82) is 0 Å². The smallest absolute Gasteiger partial charge is 0.343 e. The van der Waals surface area contributed by atoms with Crippen LogP contribution in [0, 0.1) is 0 Å². The Kier molecular flexibility index (Phi) is 6.40. The van der Waals surface area contributed by atoms with Crippen molar-refractivity contribution in [2.75, 3.05) is 0 Å². The molecule has 0 N–H and O–H groups in total. The predicted octanol–water partition coefficient (Wildman–Crippen LogP) is 6.95. The molecule has 1 aliphatic heterocycles. The zero-order valence-corrected chi connectivity index (χ0v) is 19.9. The van der Waals surface area contributed by atoms with Gasteiger partial charge in [0.25, 0.3) is 11.1 Å². The Balaban J connectivity index is 1.39. The minimum absolute atomic E-state index is 0.177. The van der Waals surface area contributed by atoms with Crippen LogP contribution >= 0.6 is 23.4 Å². The van der Waals surface area contributed by atoms with Gasteiger partial charge in [-0.2, -0.15) is 0 Å². The molecule has 1 aliphatic rings. The molecule has 1 fully saturated rings. The first-order valence-corrected chi connectivity index (χ1v) is 12.0. The maximum atomic E-state index is 13.1. The number of imide groups is 1. The molecule has 0 aliphatic carbocycles. The number of nitrogens with zero attached hydrogens (tertiary/aromatic N) is 1. The van der Waals surface area contributed by atoms with Gasteiger partial charge in [-0.3, -0.25) is 14.5 Å². The molecule has 1 heterocycles. The number of fused-ring (bicyclic) bond motifs is 1. The Hall–Kier alpha value is -3.87. The summed E-state index contributed by atoms with van der Waals surface area (Å²) in [5.41, 5.74) is 1.76. The molecule has 0 bridgehead atoms. The molecule has 0 radical (unpaired) electrons. The molecule has 0 saturated carbocycles. The number of ether oxygens (including phenoxy) is 1. The highest BCUT2D eigenvalue weighted by Gasteiger charge is 2.35. The average molecular weight is 500 g/mol. The Labute approximate surface area is 211 Å². The molecule has 7 heteroatoms. The van der Waals surface area contributed by atoms with Gasteiger partial charge in [0.15, 0.2) is 0 Å². The largest absolute Gasteiger partial charge is 0.422 e. The first kappa shape index (κ1) is 22.9. The molecular formula is C28H18ClNO4S. The highest BCUT2D eigenvalue weighted by Crippen LogP contribution is 2.35. The molecule has 172 valence electrons. The Morgan fingerprint density at radius 3 is 2.43 bits per heavy atom. The molecular weight excluding hydrogens is 482 g/mol. The quantitative estimate of drug-likeness (QED) is 0.169. The summed E-state index contributed by atoms with van der Waals surface area (Å²) in [6, 6.07) is 26.9. The van der Waals surface area contributed by atoms with Crippen molar-refractivity contribution in [2.24, 2.45) is 0 Å². The number of benzene rings is 4. The van der Waals surface area contributed by atoms with E-state index >= 15 is 0 Å². The number of carbonyl (C=O) groups is 3. The lowest BCUT2D eigenvalue weighted by molar-refractivity contribution is -0.123. The molecule has 4 aromatic carbocycles. The fourth-order valence-electron chi connectivity index (χ4n) is 3.82. The summed E-state index contributed by atoms with van der Waals surface area (Å²) in [5.74, 6) is -0.647. The van der Waals surface area contributed by atoms with Gasteiger partial charge in [-0.15, -0.1) is 0 Å². The highest BCUT2D eigenvalue weighted by atomic mass is 35.5. The second kappa shape index (κ2) is 9.78. The highest BCUT2D eigenvalue weighted by molar-refractivity contribution is 8.18. The van der Waals surface area contributed by atoms with Gasteiger partial charge >= 0.3 is 5.97 Å². The van der Waals surface area contributed by atoms with Gasteiger partial charge in [0.1, 0.15) is 5.75 Å². The summed E-state index contributed by atoms with van der Waals surface area (Å²) in [6.07, 6.45) is 1.58. The van der Waals surface area contributed by atoms with Crippen molar-refractivity contribution in [2.45, 2.75) is 6.54 Å². The van der Waals surface area contributed by atoms with Gasteiger partial charge < -0.3 is 4.74 Å². The SMILES string of the molecule is O=C(Oc1ccccc1/C=C1\SC(=O)N(Cc2cccc3ccccc23)C1=O)c1ccc(Cl)cc1. The van der Waals surface area contributed by atoms with Crippen molar-refractivity contribution < 1.29 is 19.1 Å². The van der Waals surface area contributed by atoms with E-state index < -0.39 is 5.97 Å². The van der Waals surface area contributed by atoms with Crippen molar-refractivity contribution in [3.8, 4) is 5.75 Å². The molecule has 0 aromatic heterocycles. The number of esters is 1. The fraction of sp³-hybridized carbons (Fsp3) is 0.0357. The van der Waals surface area contributed by atoms with Crippen molar-refractivity contribution in [3.63, 3.8) is 0 Å². The van der Waals surface area contributed by atoms with Gasteiger partial charge in [-0.05, 0) is 64.5 Å². The lowest BCUT2D eigenvalue weighted by Crippen LogP contribution is -2.27. The Morgan fingerprint density at radius 2 is 1.60 bits per heavy atom. The van der Waals surface area contributed by atoms with Crippen LogP contribution in [0.1, 0.15) is 21.5 Å². The maximum Gasteiger partial charge on any atom is 0.343 e. The van der Waals surface area contributed by atoms with E-state index in [4.69, 9.17) is 16.3 Å². The van der Waals surface area contributed by atoms with E-state index in [2.05, 4.69) is 0 Å². The molecule has 5 rings (SSSR count). The zero-order chi connectivity index (χ0) is 24.4. The van der Waals surface area contributed by atoms with E-state index in [0.717, 1.165) is 28.1 Å². The molecule has 4 aromatic rings. The summed E-state index contributed by atoms with van der Waals surface area (Å²) in [6.45, 7) is 0.177. The van der Waals surface area contributed by atoms with Gasteiger partial charge in [0.05, 0.1) is 17.0 Å². The van der Waals surface area contributed by atoms with Gasteiger partial charge in [0.2, 0.25) is 0 Å². The summed E-state index contributed by atoms with van der Waals surface area (Å²) >= 11 is 6.76. The third-order valence-corrected chi connectivity index (χ3v) is 6.73. The molecule has 2 amide bonds. The monoisotopic (exact) mass is 499 g/mol. The second-order valence-corrected chi connectivity index (χ2v) is 9.27. The molecule has 0 unspecified atom stereocenters. The standard InChI is InChI=1S/C28H18ClNO4S/c29-22-14-12-19(13-15-22)27(32)34-24-11-4-2-7-20(24)16-25-26(31)30(28(33)35-25)17-21-9-5-8-18-6-1-3-10-23(18)21/h1-16H,17H2/b25-16-. The van der Waals surface area contributed by atoms with E-state index in [1.807, 2.05) is 42.5 Å². The number of hydrogen-bond acceptors (Lipinski definition) is 5. The van der Waals surface area contributed by atoms with Crippen LogP contribution < -0.4 is 4.74 Å². The number of amides is 2. The third kappa shape index (κ3) is 4.85. The number of rotatable bonds is 5. The topological polar surface area (TPSA) is 63.7 Å². The minimum Gasteiger partial charge on any atom is -0.422 e. The summed E-state index contributed by atoms with van der Waals surface area (Å²) in [7, 11) is 0. The number of carbonyl (C=O) groups excluding carboxylic acids is 3. The van der Waals surface area contributed by atoms with Crippen molar-refractivity contribution >= 4 is 57.3 Å². The Bertz CT molecular complexity index is 1490. The van der Waals surface area contributed by atoms with Crippen LogP contribution in [0.5, 0.6) is 5.75 Å². The number of para-hydroxylation sites is 1. The third-order valence-electron chi connectivity index (χ3n) is 5.57. The number of thioether (sulfide) groups is 1.